The van der Waals surface area contributed by atoms with E-state index in [0.29, 0.717) is 5.56 Å². The van der Waals surface area contributed by atoms with Gasteiger partial charge < -0.3 is 10.3 Å². The molecular weight excluding hydrogens is 275 g/mol. The van der Waals surface area contributed by atoms with Gasteiger partial charge in [-0.05, 0) is 54.8 Å². The Bertz CT molecular complexity index is 733. The lowest BCUT2D eigenvalue weighted by molar-refractivity contribution is 0.628. The maximum Gasteiger partial charge on any atom is 0.261 e. The van der Waals surface area contributed by atoms with Gasteiger partial charge in [0, 0.05) is 6.04 Å². The number of aromatic nitrogens is 1. The number of rotatable bonds is 3. The SMILES string of the molecule is NC(=S)c1ccc(-c2ccc(F)cc2)n(C2CC2)c1=O. The third-order valence-electron chi connectivity index (χ3n) is 3.43. The molecule has 0 unspecified atom stereocenters. The molecule has 1 aliphatic carbocycles. The molecule has 0 saturated heterocycles. The third-order valence-corrected chi connectivity index (χ3v) is 3.65. The first kappa shape index (κ1) is 13.0. The van der Waals surface area contributed by atoms with Crippen molar-refractivity contribution < 1.29 is 4.39 Å². The predicted octanol–water partition coefficient (Wildman–Crippen LogP) is 2.62. The van der Waals surface area contributed by atoms with Gasteiger partial charge in [-0.25, -0.2) is 4.39 Å². The molecule has 2 N–H and O–H groups in total. The molecular formula is C15H13FN2OS. The number of hydrogen-bond acceptors (Lipinski definition) is 2. The molecule has 1 saturated carbocycles. The van der Waals surface area contributed by atoms with Crippen LogP contribution < -0.4 is 11.3 Å². The predicted molar refractivity (Wildman–Crippen MR) is 80.3 cm³/mol. The zero-order chi connectivity index (χ0) is 14.3. The first-order valence-electron chi connectivity index (χ1n) is 6.39. The Balaban J connectivity index is 2.21. The lowest BCUT2D eigenvalue weighted by atomic mass is 10.1. The summed E-state index contributed by atoms with van der Waals surface area (Å²) in [5.41, 5.74) is 7.36. The standard InChI is InChI=1S/C15H13FN2OS/c16-10-3-1-9(2-4-10)13-8-7-12(14(17)20)15(19)18(13)11-5-6-11/h1-4,7-8,11H,5-6H2,(H2,17,20). The second-order valence-corrected chi connectivity index (χ2v) is 5.35. The van der Waals surface area contributed by atoms with E-state index in [9.17, 15) is 9.18 Å². The summed E-state index contributed by atoms with van der Waals surface area (Å²) in [6.07, 6.45) is 1.93. The first-order chi connectivity index (χ1) is 9.58. The summed E-state index contributed by atoms with van der Waals surface area (Å²) in [4.78, 5) is 12.6. The molecule has 0 radical (unpaired) electrons. The first-order valence-corrected chi connectivity index (χ1v) is 6.80. The summed E-state index contributed by atoms with van der Waals surface area (Å²) in [5.74, 6) is -0.297. The molecule has 3 nitrogen and oxygen atoms in total. The molecule has 1 fully saturated rings. The van der Waals surface area contributed by atoms with E-state index >= 15 is 0 Å². The molecule has 1 aliphatic rings. The van der Waals surface area contributed by atoms with Crippen LogP contribution in [0, 0.1) is 5.82 Å². The van der Waals surface area contributed by atoms with E-state index < -0.39 is 0 Å². The molecule has 5 heteroatoms. The van der Waals surface area contributed by atoms with Gasteiger partial charge in [0.15, 0.2) is 0 Å². The Morgan fingerprint density at radius 2 is 1.85 bits per heavy atom. The highest BCUT2D eigenvalue weighted by atomic mass is 32.1. The van der Waals surface area contributed by atoms with E-state index in [1.165, 1.54) is 12.1 Å². The molecule has 2 aromatic rings. The van der Waals surface area contributed by atoms with Crippen LogP contribution >= 0.6 is 12.2 Å². The Morgan fingerprint density at radius 3 is 2.40 bits per heavy atom. The fourth-order valence-electron chi connectivity index (χ4n) is 2.29. The van der Waals surface area contributed by atoms with Crippen LogP contribution in [0.2, 0.25) is 0 Å². The van der Waals surface area contributed by atoms with Crippen molar-refractivity contribution in [1.29, 1.82) is 0 Å². The van der Waals surface area contributed by atoms with Crippen LogP contribution in [0.1, 0.15) is 24.4 Å². The molecule has 20 heavy (non-hydrogen) atoms. The summed E-state index contributed by atoms with van der Waals surface area (Å²) < 4.78 is 14.7. The van der Waals surface area contributed by atoms with Crippen molar-refractivity contribution >= 4 is 17.2 Å². The second kappa shape index (κ2) is 4.83. The highest BCUT2D eigenvalue weighted by molar-refractivity contribution is 7.80. The van der Waals surface area contributed by atoms with Crippen molar-refractivity contribution in [2.45, 2.75) is 18.9 Å². The summed E-state index contributed by atoms with van der Waals surface area (Å²) in [6, 6.07) is 9.77. The number of nitrogens with zero attached hydrogens (tertiary/aromatic N) is 1. The highest BCUT2D eigenvalue weighted by Crippen LogP contribution is 2.37. The van der Waals surface area contributed by atoms with Crippen LogP contribution in [0.25, 0.3) is 11.3 Å². The Kier molecular flexibility index (Phi) is 3.14. The van der Waals surface area contributed by atoms with Crippen molar-refractivity contribution in [1.82, 2.24) is 4.57 Å². The minimum atomic E-state index is -0.297. The minimum Gasteiger partial charge on any atom is -0.389 e. The van der Waals surface area contributed by atoms with Crippen LogP contribution in [-0.4, -0.2) is 9.56 Å². The average molecular weight is 288 g/mol. The Hall–Kier alpha value is -2.01. The average Bonchev–Trinajstić information content (AvgIpc) is 3.23. The summed E-state index contributed by atoms with van der Waals surface area (Å²) in [5, 5.41) is 0. The van der Waals surface area contributed by atoms with Crippen molar-refractivity contribution in [2.75, 3.05) is 0 Å². The van der Waals surface area contributed by atoms with Gasteiger partial charge in [0.2, 0.25) is 0 Å². The van der Waals surface area contributed by atoms with Gasteiger partial charge in [0.1, 0.15) is 10.8 Å². The maximum absolute atomic E-state index is 13.0. The number of thiocarbonyl (C=S) groups is 1. The van der Waals surface area contributed by atoms with Gasteiger partial charge in [-0.15, -0.1) is 0 Å². The van der Waals surface area contributed by atoms with E-state index in [-0.39, 0.29) is 22.4 Å². The largest absolute Gasteiger partial charge is 0.389 e. The number of pyridine rings is 1. The van der Waals surface area contributed by atoms with E-state index in [2.05, 4.69) is 0 Å². The number of halogens is 1. The molecule has 1 aromatic heterocycles. The van der Waals surface area contributed by atoms with Crippen molar-refractivity contribution in [3.63, 3.8) is 0 Å². The summed E-state index contributed by atoms with van der Waals surface area (Å²) in [7, 11) is 0. The van der Waals surface area contributed by atoms with E-state index in [1.807, 2.05) is 6.07 Å². The second-order valence-electron chi connectivity index (χ2n) is 4.91. The fraction of sp³-hybridized carbons (Fsp3) is 0.200. The molecule has 102 valence electrons. The molecule has 0 amide bonds. The van der Waals surface area contributed by atoms with Gasteiger partial charge >= 0.3 is 0 Å². The molecule has 0 bridgehead atoms. The van der Waals surface area contributed by atoms with Crippen LogP contribution in [0.4, 0.5) is 4.39 Å². The van der Waals surface area contributed by atoms with Crippen molar-refractivity contribution in [3.05, 3.63) is 58.1 Å². The van der Waals surface area contributed by atoms with Gasteiger partial charge in [-0.3, -0.25) is 4.79 Å². The Morgan fingerprint density at radius 1 is 1.20 bits per heavy atom. The van der Waals surface area contributed by atoms with Crippen LogP contribution in [0.3, 0.4) is 0 Å². The summed E-state index contributed by atoms with van der Waals surface area (Å²) >= 11 is 4.91. The number of nitrogens with two attached hydrogens (primary N) is 1. The van der Waals surface area contributed by atoms with Crippen LogP contribution in [-0.2, 0) is 0 Å². The molecule has 1 aromatic carbocycles. The van der Waals surface area contributed by atoms with Gasteiger partial charge in [-0.2, -0.15) is 0 Å². The number of hydrogen-bond donors (Lipinski definition) is 1. The summed E-state index contributed by atoms with van der Waals surface area (Å²) in [6.45, 7) is 0. The molecule has 0 atom stereocenters. The zero-order valence-electron chi connectivity index (χ0n) is 10.7. The smallest absolute Gasteiger partial charge is 0.261 e. The Labute approximate surface area is 120 Å². The normalized spacial score (nSPS) is 14.2. The lowest BCUT2D eigenvalue weighted by Gasteiger charge is -2.14. The monoisotopic (exact) mass is 288 g/mol. The lowest BCUT2D eigenvalue weighted by Crippen LogP contribution is -2.29. The fourth-order valence-corrected chi connectivity index (χ4v) is 2.45. The van der Waals surface area contributed by atoms with Gasteiger partial charge in [0.05, 0.1) is 11.3 Å². The van der Waals surface area contributed by atoms with E-state index in [1.54, 1.807) is 22.8 Å². The topological polar surface area (TPSA) is 48.0 Å². The van der Waals surface area contributed by atoms with Crippen molar-refractivity contribution in [3.8, 4) is 11.3 Å². The maximum atomic E-state index is 13.0. The minimum absolute atomic E-state index is 0.107. The van der Waals surface area contributed by atoms with Crippen molar-refractivity contribution in [2.24, 2.45) is 5.73 Å². The third kappa shape index (κ3) is 2.25. The van der Waals surface area contributed by atoms with Gasteiger partial charge in [-0.1, -0.05) is 12.2 Å². The van der Waals surface area contributed by atoms with Crippen LogP contribution in [0.5, 0.6) is 0 Å². The van der Waals surface area contributed by atoms with Gasteiger partial charge in [0.25, 0.3) is 5.56 Å². The quantitative estimate of drug-likeness (QED) is 0.883. The molecule has 0 spiro atoms. The van der Waals surface area contributed by atoms with Crippen LogP contribution in [0.15, 0.2) is 41.2 Å². The molecule has 1 heterocycles. The van der Waals surface area contributed by atoms with E-state index in [4.69, 9.17) is 18.0 Å². The molecule has 0 aliphatic heterocycles. The zero-order valence-corrected chi connectivity index (χ0v) is 11.5. The molecule has 3 rings (SSSR count). The number of benzene rings is 1. The highest BCUT2D eigenvalue weighted by Gasteiger charge is 2.28. The van der Waals surface area contributed by atoms with E-state index in [0.717, 1.165) is 24.1 Å².